The normalized spacial score (nSPS) is 11.2. The molecule has 17 heavy (non-hydrogen) atoms. The zero-order chi connectivity index (χ0) is 12.0. The van der Waals surface area contributed by atoms with Crippen molar-refractivity contribution in [1.29, 1.82) is 0 Å². The Hall–Kier alpha value is -2.30. The molecule has 0 bridgehead atoms. The third-order valence-electron chi connectivity index (χ3n) is 2.66. The molecule has 0 fully saturated rings. The van der Waals surface area contributed by atoms with Gasteiger partial charge in [-0.1, -0.05) is 6.07 Å². The van der Waals surface area contributed by atoms with Gasteiger partial charge in [0.1, 0.15) is 5.52 Å². The standard InChI is InChI=1S/C12H12N4O/c1-7-14-10-5-8(3-4-11(10)17-7)9-6-16(2)15-12(9)13/h3-6H,1-2H3,(H2,13,15). The van der Waals surface area contributed by atoms with E-state index in [1.807, 2.05) is 38.4 Å². The molecule has 0 aliphatic heterocycles. The average Bonchev–Trinajstić information content (AvgIpc) is 2.78. The van der Waals surface area contributed by atoms with Crippen LogP contribution in [0.2, 0.25) is 0 Å². The third-order valence-corrected chi connectivity index (χ3v) is 2.66. The second-order valence-electron chi connectivity index (χ2n) is 4.02. The summed E-state index contributed by atoms with van der Waals surface area (Å²) in [5, 5.41) is 4.12. The fourth-order valence-corrected chi connectivity index (χ4v) is 1.94. The lowest BCUT2D eigenvalue weighted by atomic mass is 10.1. The predicted molar refractivity (Wildman–Crippen MR) is 65.4 cm³/mol. The van der Waals surface area contributed by atoms with Gasteiger partial charge in [-0.3, -0.25) is 4.68 Å². The molecule has 5 heteroatoms. The van der Waals surface area contributed by atoms with Gasteiger partial charge in [-0.05, 0) is 17.7 Å². The molecule has 2 heterocycles. The highest BCUT2D eigenvalue weighted by molar-refractivity contribution is 5.83. The molecule has 0 saturated carbocycles. The van der Waals surface area contributed by atoms with Gasteiger partial charge >= 0.3 is 0 Å². The maximum absolute atomic E-state index is 5.85. The van der Waals surface area contributed by atoms with Gasteiger partial charge in [-0.15, -0.1) is 0 Å². The fraction of sp³-hybridized carbons (Fsp3) is 0.167. The number of oxazole rings is 1. The minimum atomic E-state index is 0.520. The summed E-state index contributed by atoms with van der Waals surface area (Å²) in [7, 11) is 1.85. The smallest absolute Gasteiger partial charge is 0.192 e. The van der Waals surface area contributed by atoms with Crippen molar-refractivity contribution >= 4 is 16.9 Å². The van der Waals surface area contributed by atoms with Gasteiger partial charge in [-0.2, -0.15) is 5.10 Å². The Labute approximate surface area is 97.9 Å². The van der Waals surface area contributed by atoms with Crippen LogP contribution in [0.4, 0.5) is 5.82 Å². The number of nitrogen functional groups attached to an aromatic ring is 1. The third kappa shape index (κ3) is 1.56. The highest BCUT2D eigenvalue weighted by Gasteiger charge is 2.09. The van der Waals surface area contributed by atoms with Gasteiger partial charge in [0.15, 0.2) is 17.3 Å². The van der Waals surface area contributed by atoms with Crippen molar-refractivity contribution < 1.29 is 4.42 Å². The van der Waals surface area contributed by atoms with Crippen LogP contribution in [0.3, 0.4) is 0 Å². The van der Waals surface area contributed by atoms with Crippen molar-refractivity contribution in [3.63, 3.8) is 0 Å². The van der Waals surface area contributed by atoms with Crippen LogP contribution < -0.4 is 5.73 Å². The lowest BCUT2D eigenvalue weighted by Gasteiger charge is -1.97. The molecule has 5 nitrogen and oxygen atoms in total. The number of anilines is 1. The second kappa shape index (κ2) is 3.35. The van der Waals surface area contributed by atoms with E-state index in [1.54, 1.807) is 4.68 Å². The van der Waals surface area contributed by atoms with Crippen molar-refractivity contribution in [1.82, 2.24) is 14.8 Å². The van der Waals surface area contributed by atoms with Crippen LogP contribution in [0.15, 0.2) is 28.8 Å². The first-order chi connectivity index (χ1) is 8.13. The first-order valence-corrected chi connectivity index (χ1v) is 5.30. The van der Waals surface area contributed by atoms with Crippen molar-refractivity contribution in [2.24, 2.45) is 7.05 Å². The number of fused-ring (bicyclic) bond motifs is 1. The lowest BCUT2D eigenvalue weighted by Crippen LogP contribution is -1.90. The van der Waals surface area contributed by atoms with E-state index in [0.717, 1.165) is 22.2 Å². The number of nitrogens with zero attached hydrogens (tertiary/aromatic N) is 3. The highest BCUT2D eigenvalue weighted by atomic mass is 16.3. The molecule has 0 saturated heterocycles. The van der Waals surface area contributed by atoms with Gasteiger partial charge in [0.05, 0.1) is 0 Å². The number of aryl methyl sites for hydroxylation is 2. The molecular weight excluding hydrogens is 216 g/mol. The Kier molecular flexibility index (Phi) is 1.95. The summed E-state index contributed by atoms with van der Waals surface area (Å²) in [5.74, 6) is 1.18. The first kappa shape index (κ1) is 9.89. The number of rotatable bonds is 1. The number of aromatic nitrogens is 3. The Balaban J connectivity index is 2.20. The number of hydrogen-bond acceptors (Lipinski definition) is 4. The Morgan fingerprint density at radius 1 is 1.35 bits per heavy atom. The summed E-state index contributed by atoms with van der Waals surface area (Å²) in [5.41, 5.74) is 9.38. The molecule has 3 aromatic rings. The molecule has 0 unspecified atom stereocenters. The predicted octanol–water partition coefficient (Wildman–Crippen LogP) is 2.12. The minimum Gasteiger partial charge on any atom is -0.441 e. The van der Waals surface area contributed by atoms with E-state index >= 15 is 0 Å². The Bertz CT molecular complexity index is 696. The van der Waals surface area contributed by atoms with Gasteiger partial charge in [-0.25, -0.2) is 4.98 Å². The summed E-state index contributed by atoms with van der Waals surface area (Å²) in [6.07, 6.45) is 1.89. The molecule has 3 rings (SSSR count). The second-order valence-corrected chi connectivity index (χ2v) is 4.02. The van der Waals surface area contributed by atoms with Crippen LogP contribution >= 0.6 is 0 Å². The van der Waals surface area contributed by atoms with Crippen molar-refractivity contribution in [2.45, 2.75) is 6.92 Å². The van der Waals surface area contributed by atoms with E-state index in [0.29, 0.717) is 11.7 Å². The first-order valence-electron chi connectivity index (χ1n) is 5.30. The summed E-state index contributed by atoms with van der Waals surface area (Å²) in [6.45, 7) is 1.83. The number of benzene rings is 1. The Morgan fingerprint density at radius 3 is 2.88 bits per heavy atom. The SMILES string of the molecule is Cc1nc2cc(-c3cn(C)nc3N)ccc2o1. The van der Waals surface area contributed by atoms with Gasteiger partial charge in [0, 0.05) is 25.7 Å². The molecule has 0 aliphatic rings. The number of nitrogens with two attached hydrogens (primary N) is 1. The molecule has 1 aromatic carbocycles. The van der Waals surface area contributed by atoms with E-state index in [2.05, 4.69) is 10.1 Å². The number of hydrogen-bond donors (Lipinski definition) is 1. The molecule has 0 radical (unpaired) electrons. The Morgan fingerprint density at radius 2 is 2.18 bits per heavy atom. The topological polar surface area (TPSA) is 69.9 Å². The molecule has 0 aliphatic carbocycles. The highest BCUT2D eigenvalue weighted by Crippen LogP contribution is 2.27. The molecular formula is C12H12N4O. The van der Waals surface area contributed by atoms with Crippen molar-refractivity contribution in [3.05, 3.63) is 30.3 Å². The zero-order valence-corrected chi connectivity index (χ0v) is 9.64. The summed E-state index contributed by atoms with van der Waals surface area (Å²) >= 11 is 0. The fourth-order valence-electron chi connectivity index (χ4n) is 1.94. The lowest BCUT2D eigenvalue weighted by molar-refractivity contribution is 0.561. The largest absolute Gasteiger partial charge is 0.441 e. The summed E-state index contributed by atoms with van der Waals surface area (Å²) in [6, 6.07) is 5.82. The van der Waals surface area contributed by atoms with E-state index in [9.17, 15) is 0 Å². The van der Waals surface area contributed by atoms with Crippen molar-refractivity contribution in [2.75, 3.05) is 5.73 Å². The molecule has 86 valence electrons. The van der Waals surface area contributed by atoms with Gasteiger partial charge < -0.3 is 10.2 Å². The van der Waals surface area contributed by atoms with E-state index in [1.165, 1.54) is 0 Å². The molecule has 0 spiro atoms. The zero-order valence-electron chi connectivity index (χ0n) is 9.64. The van der Waals surface area contributed by atoms with Crippen LogP contribution in [-0.2, 0) is 7.05 Å². The van der Waals surface area contributed by atoms with Crippen LogP contribution in [0.5, 0.6) is 0 Å². The summed E-state index contributed by atoms with van der Waals surface area (Å²) < 4.78 is 7.13. The van der Waals surface area contributed by atoms with E-state index < -0.39 is 0 Å². The molecule has 0 atom stereocenters. The molecule has 0 amide bonds. The maximum atomic E-state index is 5.85. The van der Waals surface area contributed by atoms with Crippen LogP contribution in [0.1, 0.15) is 5.89 Å². The molecule has 2 aromatic heterocycles. The molecule has 2 N–H and O–H groups in total. The average molecular weight is 228 g/mol. The van der Waals surface area contributed by atoms with E-state index in [4.69, 9.17) is 10.2 Å². The van der Waals surface area contributed by atoms with E-state index in [-0.39, 0.29) is 0 Å². The van der Waals surface area contributed by atoms with Crippen LogP contribution in [0.25, 0.3) is 22.2 Å². The van der Waals surface area contributed by atoms with Gasteiger partial charge in [0.25, 0.3) is 0 Å². The minimum absolute atomic E-state index is 0.520. The van der Waals surface area contributed by atoms with Gasteiger partial charge in [0.2, 0.25) is 0 Å². The summed E-state index contributed by atoms with van der Waals surface area (Å²) in [4.78, 5) is 4.30. The van der Waals surface area contributed by atoms with Crippen LogP contribution in [0, 0.1) is 6.92 Å². The quantitative estimate of drug-likeness (QED) is 0.692. The van der Waals surface area contributed by atoms with Crippen molar-refractivity contribution in [3.8, 4) is 11.1 Å². The monoisotopic (exact) mass is 228 g/mol. The maximum Gasteiger partial charge on any atom is 0.192 e. The van der Waals surface area contributed by atoms with Crippen LogP contribution in [-0.4, -0.2) is 14.8 Å².